The standard InChI is InChI=1S/C14H18ClN3O/c1-3-16-9-11-8-12(15)4-5-13(11)19-10-14-17-6-7-18(14)2/h4-8,16H,3,9-10H2,1-2H3. The normalized spacial score (nSPS) is 10.7. The van der Waals surface area contributed by atoms with Gasteiger partial charge in [0.05, 0.1) is 0 Å². The minimum absolute atomic E-state index is 0.449. The Bertz CT molecular complexity index is 539. The highest BCUT2D eigenvalue weighted by Crippen LogP contribution is 2.23. The van der Waals surface area contributed by atoms with Crippen molar-refractivity contribution in [3.05, 3.63) is 47.0 Å². The molecule has 0 radical (unpaired) electrons. The van der Waals surface area contributed by atoms with Crippen LogP contribution >= 0.6 is 11.6 Å². The van der Waals surface area contributed by atoms with E-state index in [0.29, 0.717) is 6.61 Å². The van der Waals surface area contributed by atoms with E-state index in [2.05, 4.69) is 17.2 Å². The lowest BCUT2D eigenvalue weighted by Gasteiger charge is -2.12. The number of benzene rings is 1. The first-order valence-electron chi connectivity index (χ1n) is 6.29. The smallest absolute Gasteiger partial charge is 0.146 e. The minimum atomic E-state index is 0.449. The molecule has 0 saturated carbocycles. The molecule has 0 unspecified atom stereocenters. The number of imidazole rings is 1. The Morgan fingerprint density at radius 2 is 2.26 bits per heavy atom. The highest BCUT2D eigenvalue weighted by Gasteiger charge is 2.06. The van der Waals surface area contributed by atoms with Crippen LogP contribution in [0.15, 0.2) is 30.6 Å². The van der Waals surface area contributed by atoms with E-state index >= 15 is 0 Å². The summed E-state index contributed by atoms with van der Waals surface area (Å²) in [5.74, 6) is 1.73. The van der Waals surface area contributed by atoms with Crippen molar-refractivity contribution >= 4 is 11.6 Å². The Morgan fingerprint density at radius 1 is 1.42 bits per heavy atom. The summed E-state index contributed by atoms with van der Waals surface area (Å²) in [5, 5.41) is 4.00. The van der Waals surface area contributed by atoms with Crippen molar-refractivity contribution in [1.82, 2.24) is 14.9 Å². The van der Waals surface area contributed by atoms with Crippen LogP contribution in [0.5, 0.6) is 5.75 Å². The molecular formula is C14H18ClN3O. The van der Waals surface area contributed by atoms with Crippen LogP contribution in [0.1, 0.15) is 18.3 Å². The van der Waals surface area contributed by atoms with Gasteiger partial charge in [0.25, 0.3) is 0 Å². The van der Waals surface area contributed by atoms with Crippen LogP contribution in [0.3, 0.4) is 0 Å². The Labute approximate surface area is 118 Å². The van der Waals surface area contributed by atoms with E-state index in [-0.39, 0.29) is 0 Å². The fourth-order valence-corrected chi connectivity index (χ4v) is 1.96. The number of ether oxygens (including phenoxy) is 1. The molecule has 2 aromatic rings. The van der Waals surface area contributed by atoms with Gasteiger partial charge in [-0.25, -0.2) is 4.98 Å². The third-order valence-electron chi connectivity index (χ3n) is 2.87. The largest absolute Gasteiger partial charge is 0.485 e. The van der Waals surface area contributed by atoms with Gasteiger partial charge in [-0.2, -0.15) is 0 Å². The van der Waals surface area contributed by atoms with Gasteiger partial charge in [0.15, 0.2) is 0 Å². The van der Waals surface area contributed by atoms with Gasteiger partial charge in [-0.1, -0.05) is 18.5 Å². The first-order valence-corrected chi connectivity index (χ1v) is 6.66. The first-order chi connectivity index (χ1) is 9.20. The zero-order valence-electron chi connectivity index (χ0n) is 11.2. The molecule has 1 heterocycles. The van der Waals surface area contributed by atoms with Gasteiger partial charge in [0, 0.05) is 36.6 Å². The van der Waals surface area contributed by atoms with Gasteiger partial charge in [-0.15, -0.1) is 0 Å². The second-order valence-electron chi connectivity index (χ2n) is 4.28. The molecule has 1 aromatic heterocycles. The van der Waals surface area contributed by atoms with Crippen LogP contribution in [-0.2, 0) is 20.2 Å². The number of aromatic nitrogens is 2. The van der Waals surface area contributed by atoms with Crippen molar-refractivity contribution in [3.63, 3.8) is 0 Å². The minimum Gasteiger partial charge on any atom is -0.485 e. The van der Waals surface area contributed by atoms with Gasteiger partial charge in [-0.3, -0.25) is 0 Å². The maximum absolute atomic E-state index is 6.02. The summed E-state index contributed by atoms with van der Waals surface area (Å²) < 4.78 is 7.78. The average Bonchev–Trinajstić information content (AvgIpc) is 2.81. The van der Waals surface area contributed by atoms with E-state index in [1.165, 1.54) is 0 Å². The molecule has 0 atom stereocenters. The topological polar surface area (TPSA) is 39.1 Å². The molecule has 19 heavy (non-hydrogen) atoms. The summed E-state index contributed by atoms with van der Waals surface area (Å²) in [7, 11) is 1.95. The van der Waals surface area contributed by atoms with Crippen molar-refractivity contribution in [3.8, 4) is 5.75 Å². The van der Waals surface area contributed by atoms with Crippen LogP contribution in [0.4, 0.5) is 0 Å². The van der Waals surface area contributed by atoms with Crippen molar-refractivity contribution < 1.29 is 4.74 Å². The molecule has 0 saturated heterocycles. The predicted molar refractivity (Wildman–Crippen MR) is 76.4 cm³/mol. The molecule has 0 spiro atoms. The lowest BCUT2D eigenvalue weighted by Crippen LogP contribution is -2.13. The fourth-order valence-electron chi connectivity index (χ4n) is 1.76. The number of hydrogen-bond acceptors (Lipinski definition) is 3. The van der Waals surface area contributed by atoms with Crippen LogP contribution in [0.2, 0.25) is 5.02 Å². The highest BCUT2D eigenvalue weighted by atomic mass is 35.5. The quantitative estimate of drug-likeness (QED) is 0.884. The summed E-state index contributed by atoms with van der Waals surface area (Å²) in [5.41, 5.74) is 1.06. The van der Waals surface area contributed by atoms with Crippen molar-refractivity contribution in [1.29, 1.82) is 0 Å². The lowest BCUT2D eigenvalue weighted by atomic mass is 10.2. The molecule has 102 valence electrons. The van der Waals surface area contributed by atoms with Gasteiger partial charge < -0.3 is 14.6 Å². The molecule has 2 rings (SSSR count). The molecule has 4 nitrogen and oxygen atoms in total. The average molecular weight is 280 g/mol. The van der Waals surface area contributed by atoms with E-state index in [1.807, 2.05) is 36.0 Å². The maximum atomic E-state index is 6.02. The van der Waals surface area contributed by atoms with E-state index in [0.717, 1.165) is 35.2 Å². The third-order valence-corrected chi connectivity index (χ3v) is 3.10. The van der Waals surface area contributed by atoms with E-state index in [4.69, 9.17) is 16.3 Å². The Hall–Kier alpha value is -1.52. The number of aryl methyl sites for hydroxylation is 1. The van der Waals surface area contributed by atoms with Crippen molar-refractivity contribution in [2.75, 3.05) is 6.54 Å². The first kappa shape index (κ1) is 13.9. The summed E-state index contributed by atoms with van der Waals surface area (Å²) in [6, 6.07) is 5.67. The Morgan fingerprint density at radius 3 is 2.95 bits per heavy atom. The third kappa shape index (κ3) is 3.72. The Balaban J connectivity index is 2.08. The zero-order valence-corrected chi connectivity index (χ0v) is 11.9. The second-order valence-corrected chi connectivity index (χ2v) is 4.71. The van der Waals surface area contributed by atoms with Gasteiger partial charge in [0.2, 0.25) is 0 Å². The monoisotopic (exact) mass is 279 g/mol. The molecule has 0 aliphatic carbocycles. The summed E-state index contributed by atoms with van der Waals surface area (Å²) >= 11 is 6.02. The molecule has 0 aliphatic rings. The van der Waals surface area contributed by atoms with Gasteiger partial charge >= 0.3 is 0 Å². The number of halogens is 1. The molecule has 1 N–H and O–H groups in total. The molecule has 0 bridgehead atoms. The van der Waals surface area contributed by atoms with Crippen LogP contribution < -0.4 is 10.1 Å². The molecule has 1 aromatic carbocycles. The van der Waals surface area contributed by atoms with Gasteiger partial charge in [-0.05, 0) is 24.7 Å². The van der Waals surface area contributed by atoms with Crippen LogP contribution in [0.25, 0.3) is 0 Å². The number of hydrogen-bond donors (Lipinski definition) is 1. The Kier molecular flexibility index (Phi) is 4.82. The highest BCUT2D eigenvalue weighted by molar-refractivity contribution is 6.30. The molecule has 0 aliphatic heterocycles. The van der Waals surface area contributed by atoms with E-state index in [9.17, 15) is 0 Å². The summed E-state index contributed by atoms with van der Waals surface area (Å²) in [6.07, 6.45) is 3.67. The number of nitrogens with zero attached hydrogens (tertiary/aromatic N) is 2. The number of rotatable bonds is 6. The van der Waals surface area contributed by atoms with Crippen LogP contribution in [-0.4, -0.2) is 16.1 Å². The predicted octanol–water partition coefficient (Wildman–Crippen LogP) is 2.76. The van der Waals surface area contributed by atoms with Gasteiger partial charge in [0.1, 0.15) is 18.2 Å². The molecular weight excluding hydrogens is 262 g/mol. The fraction of sp³-hybridized carbons (Fsp3) is 0.357. The summed E-state index contributed by atoms with van der Waals surface area (Å²) in [6.45, 7) is 4.17. The summed E-state index contributed by atoms with van der Waals surface area (Å²) in [4.78, 5) is 4.24. The zero-order chi connectivity index (χ0) is 13.7. The van der Waals surface area contributed by atoms with E-state index < -0.39 is 0 Å². The number of nitrogens with one attached hydrogen (secondary N) is 1. The van der Waals surface area contributed by atoms with E-state index in [1.54, 1.807) is 6.20 Å². The van der Waals surface area contributed by atoms with Crippen LogP contribution in [0, 0.1) is 0 Å². The molecule has 0 amide bonds. The molecule has 0 fully saturated rings. The SMILES string of the molecule is CCNCc1cc(Cl)ccc1OCc1nccn1C. The van der Waals surface area contributed by atoms with Crippen molar-refractivity contribution in [2.45, 2.75) is 20.1 Å². The molecule has 5 heteroatoms. The lowest BCUT2D eigenvalue weighted by molar-refractivity contribution is 0.288. The second kappa shape index (κ2) is 6.59. The maximum Gasteiger partial charge on any atom is 0.146 e. The van der Waals surface area contributed by atoms with Crippen molar-refractivity contribution in [2.24, 2.45) is 7.05 Å².